The summed E-state index contributed by atoms with van der Waals surface area (Å²) in [4.78, 5) is 34.5. The van der Waals surface area contributed by atoms with Gasteiger partial charge in [-0.25, -0.2) is 9.97 Å². The van der Waals surface area contributed by atoms with Gasteiger partial charge in [-0.15, -0.1) is 0 Å². The molecule has 2 fully saturated rings. The van der Waals surface area contributed by atoms with Crippen LogP contribution in [0.4, 0.5) is 5.69 Å². The monoisotopic (exact) mass is 610 g/mol. The van der Waals surface area contributed by atoms with Gasteiger partial charge in [-0.2, -0.15) is 0 Å². The lowest BCUT2D eigenvalue weighted by Crippen LogP contribution is -2.58. The van der Waals surface area contributed by atoms with Crippen LogP contribution in [0.1, 0.15) is 92.2 Å². The molecule has 45 heavy (non-hydrogen) atoms. The molecule has 1 aromatic heterocycles. The lowest BCUT2D eigenvalue weighted by molar-refractivity contribution is 0.0170. The summed E-state index contributed by atoms with van der Waals surface area (Å²) in [5.74, 6) is 0.271. The number of carbonyl (C=O) groups is 1. The van der Waals surface area contributed by atoms with Crippen LogP contribution in [0.15, 0.2) is 66.1 Å². The maximum absolute atomic E-state index is 13.4. The van der Waals surface area contributed by atoms with Crippen LogP contribution in [0, 0.1) is 13.8 Å². The van der Waals surface area contributed by atoms with Crippen molar-refractivity contribution >= 4 is 17.3 Å². The highest BCUT2D eigenvalue weighted by atomic mass is 16.6. The van der Waals surface area contributed by atoms with Gasteiger partial charge in [-0.05, 0) is 83.6 Å². The number of hydrogen-bond acceptors (Lipinski definition) is 7. The maximum Gasteiger partial charge on any atom is 0.257 e. The second-order valence-corrected chi connectivity index (χ2v) is 13.0. The predicted octanol–water partition coefficient (Wildman–Crippen LogP) is 6.78. The Morgan fingerprint density at radius 1 is 1.00 bits per heavy atom. The van der Waals surface area contributed by atoms with Gasteiger partial charge in [0, 0.05) is 55.9 Å². The van der Waals surface area contributed by atoms with Gasteiger partial charge < -0.3 is 14.6 Å². The van der Waals surface area contributed by atoms with Gasteiger partial charge in [-0.3, -0.25) is 9.69 Å². The molecular formula is C37H50N6O2. The Morgan fingerprint density at radius 3 is 2.22 bits per heavy atom. The smallest absolute Gasteiger partial charge is 0.257 e. The second-order valence-electron chi connectivity index (χ2n) is 13.0. The van der Waals surface area contributed by atoms with E-state index in [9.17, 15) is 4.79 Å². The Morgan fingerprint density at radius 2 is 1.62 bits per heavy atom. The molecular weight excluding hydrogens is 560 g/mol. The quantitative estimate of drug-likeness (QED) is 0.186. The first-order valence-electron chi connectivity index (χ1n) is 16.6. The van der Waals surface area contributed by atoms with Crippen molar-refractivity contribution in [3.05, 3.63) is 89.0 Å². The maximum atomic E-state index is 13.4. The third-order valence-corrected chi connectivity index (χ3v) is 10.1. The zero-order valence-corrected chi connectivity index (χ0v) is 28.0. The summed E-state index contributed by atoms with van der Waals surface area (Å²) >= 11 is 0. The molecule has 5 rings (SSSR count). The van der Waals surface area contributed by atoms with E-state index in [4.69, 9.17) is 4.84 Å². The Balaban J connectivity index is 1.24. The van der Waals surface area contributed by atoms with E-state index in [-0.39, 0.29) is 17.4 Å². The predicted molar refractivity (Wildman–Crippen MR) is 182 cm³/mol. The highest BCUT2D eigenvalue weighted by Crippen LogP contribution is 2.35. The topological polar surface area (TPSA) is 74.2 Å². The van der Waals surface area contributed by atoms with Gasteiger partial charge in [-0.1, -0.05) is 54.5 Å². The molecule has 8 nitrogen and oxygen atoms in total. The largest absolute Gasteiger partial charge is 0.396 e. The van der Waals surface area contributed by atoms with Crippen molar-refractivity contribution in [1.29, 1.82) is 0 Å². The first-order chi connectivity index (χ1) is 21.7. The van der Waals surface area contributed by atoms with Crippen LogP contribution >= 0.6 is 0 Å². The summed E-state index contributed by atoms with van der Waals surface area (Å²) in [5, 5.41) is 4.27. The lowest BCUT2D eigenvalue weighted by Gasteiger charge is -2.50. The number of aryl methyl sites for hydroxylation is 2. The molecule has 1 unspecified atom stereocenters. The molecule has 0 saturated carbocycles. The lowest BCUT2D eigenvalue weighted by atomic mass is 9.85. The normalized spacial score (nSPS) is 18.4. The van der Waals surface area contributed by atoms with Crippen LogP contribution in [0.3, 0.4) is 0 Å². The zero-order chi connectivity index (χ0) is 32.0. The van der Waals surface area contributed by atoms with Gasteiger partial charge >= 0.3 is 0 Å². The Kier molecular flexibility index (Phi) is 10.5. The van der Waals surface area contributed by atoms with E-state index in [1.807, 2.05) is 32.6 Å². The van der Waals surface area contributed by atoms with Crippen LogP contribution in [-0.4, -0.2) is 75.8 Å². The number of likely N-dealkylation sites (tertiary alicyclic amines) is 2. The summed E-state index contributed by atoms with van der Waals surface area (Å²) in [7, 11) is 0. The van der Waals surface area contributed by atoms with E-state index in [1.165, 1.54) is 23.1 Å². The number of piperidine rings is 2. The number of benzene rings is 2. The standard InChI is InChI=1S/C37H50N6O2/c1-7-45-40-28(3)27(2)32-13-15-33(16-14-32)43(25-31-11-9-8-10-12-31)34-17-21-42(22-18-34)37(6)19-23-41(24-20-37)36(44)35-29(4)38-26-39-30(35)5/h8-16,26-27,34H,7,17-25H2,1-6H3/b40-28+. The molecule has 3 aromatic rings. The van der Waals surface area contributed by atoms with Crippen molar-refractivity contribution in [2.75, 3.05) is 37.7 Å². The van der Waals surface area contributed by atoms with Crippen molar-refractivity contribution in [1.82, 2.24) is 19.8 Å². The molecule has 2 saturated heterocycles. The minimum absolute atomic E-state index is 0.0695. The molecule has 0 bridgehead atoms. The van der Waals surface area contributed by atoms with Crippen LogP contribution in [-0.2, 0) is 11.4 Å². The SMILES string of the molecule is CCO/N=C(\C)C(C)c1ccc(N(Cc2ccccc2)C2CCN(C3(C)CCN(C(=O)c4c(C)ncnc4C)CC3)CC2)cc1. The first kappa shape index (κ1) is 32.6. The molecule has 2 aliphatic rings. The number of rotatable bonds is 10. The minimum Gasteiger partial charge on any atom is -0.396 e. The molecule has 8 heteroatoms. The fourth-order valence-electron chi connectivity index (χ4n) is 6.94. The number of aromatic nitrogens is 2. The van der Waals surface area contributed by atoms with E-state index < -0.39 is 0 Å². The molecule has 0 spiro atoms. The molecule has 240 valence electrons. The van der Waals surface area contributed by atoms with Crippen molar-refractivity contribution in [2.45, 2.75) is 91.3 Å². The third kappa shape index (κ3) is 7.55. The van der Waals surface area contributed by atoms with E-state index in [2.05, 4.69) is 93.4 Å². The van der Waals surface area contributed by atoms with Crippen molar-refractivity contribution in [2.24, 2.45) is 5.16 Å². The second kappa shape index (κ2) is 14.5. The zero-order valence-electron chi connectivity index (χ0n) is 28.0. The summed E-state index contributed by atoms with van der Waals surface area (Å²) in [6.07, 6.45) is 5.73. The molecule has 2 aliphatic heterocycles. The van der Waals surface area contributed by atoms with Gasteiger partial charge in [0.25, 0.3) is 5.91 Å². The van der Waals surface area contributed by atoms with Crippen LogP contribution in [0.5, 0.6) is 0 Å². The number of nitrogens with zero attached hydrogens (tertiary/aromatic N) is 6. The Bertz CT molecular complexity index is 1420. The number of hydrogen-bond donors (Lipinski definition) is 0. The number of carbonyl (C=O) groups excluding carboxylic acids is 1. The summed E-state index contributed by atoms with van der Waals surface area (Å²) in [6.45, 7) is 17.5. The average molecular weight is 611 g/mol. The fraction of sp³-hybridized carbons (Fsp3) is 0.514. The van der Waals surface area contributed by atoms with E-state index in [0.717, 1.165) is 75.5 Å². The Hall–Kier alpha value is -3.78. The molecule has 3 heterocycles. The van der Waals surface area contributed by atoms with Crippen molar-refractivity contribution in [3.8, 4) is 0 Å². The molecule has 2 aromatic carbocycles. The van der Waals surface area contributed by atoms with Gasteiger partial charge in [0.05, 0.1) is 22.7 Å². The van der Waals surface area contributed by atoms with Crippen molar-refractivity contribution < 1.29 is 9.63 Å². The highest BCUT2D eigenvalue weighted by Gasteiger charge is 2.39. The third-order valence-electron chi connectivity index (χ3n) is 10.1. The summed E-state index contributed by atoms with van der Waals surface area (Å²) in [6, 6.07) is 20.3. The number of oxime groups is 1. The summed E-state index contributed by atoms with van der Waals surface area (Å²) in [5.41, 5.74) is 7.11. The van der Waals surface area contributed by atoms with Crippen LogP contribution in [0.25, 0.3) is 0 Å². The first-order valence-corrected chi connectivity index (χ1v) is 16.6. The summed E-state index contributed by atoms with van der Waals surface area (Å²) < 4.78 is 0. The highest BCUT2D eigenvalue weighted by molar-refractivity contribution is 5.96. The van der Waals surface area contributed by atoms with Gasteiger partial charge in [0.15, 0.2) is 0 Å². The van der Waals surface area contributed by atoms with Gasteiger partial charge in [0.1, 0.15) is 12.9 Å². The molecule has 0 aliphatic carbocycles. The Labute approximate surface area is 269 Å². The molecule has 0 radical (unpaired) electrons. The van der Waals surface area contributed by atoms with E-state index >= 15 is 0 Å². The minimum atomic E-state index is 0.0695. The molecule has 1 amide bonds. The van der Waals surface area contributed by atoms with Crippen LogP contribution in [0.2, 0.25) is 0 Å². The van der Waals surface area contributed by atoms with E-state index in [0.29, 0.717) is 18.2 Å². The number of amides is 1. The van der Waals surface area contributed by atoms with E-state index in [1.54, 1.807) is 0 Å². The number of anilines is 1. The molecule has 0 N–H and O–H groups in total. The van der Waals surface area contributed by atoms with Gasteiger partial charge in [0.2, 0.25) is 0 Å². The average Bonchev–Trinajstić information content (AvgIpc) is 3.06. The molecule has 1 atom stereocenters. The van der Waals surface area contributed by atoms with Crippen LogP contribution < -0.4 is 4.90 Å². The van der Waals surface area contributed by atoms with Crippen molar-refractivity contribution in [3.63, 3.8) is 0 Å². The fourth-order valence-corrected chi connectivity index (χ4v) is 6.94.